The molecule has 26 valence electrons. The molecular formula is C4H4O. The van der Waals surface area contributed by atoms with Gasteiger partial charge in [-0.1, -0.05) is 0 Å². The first-order valence-corrected chi connectivity index (χ1v) is 1.16. The van der Waals surface area contributed by atoms with Crippen LogP contribution in [-0.4, -0.2) is 0 Å². The van der Waals surface area contributed by atoms with Crippen LogP contribution in [0.15, 0.2) is 29.0 Å². The number of rotatable bonds is 0. The highest BCUT2D eigenvalue weighted by Crippen LogP contribution is 1.79. The Bertz CT molecular complexity index is 206. The van der Waals surface area contributed by atoms with Gasteiger partial charge in [0.05, 0.1) is 15.2 Å². The first kappa shape index (κ1) is 0.672. The zero-order chi connectivity index (χ0) is 7.02. The molecule has 0 bridgehead atoms. The van der Waals surface area contributed by atoms with Gasteiger partial charge in [-0.3, -0.25) is 0 Å². The fraction of sp³-hybridized carbons (Fsp3) is 0. The van der Waals surface area contributed by atoms with E-state index < -0.39 is 12.5 Å². The quantitative estimate of drug-likeness (QED) is 0.450. The van der Waals surface area contributed by atoms with Gasteiger partial charge in [-0.2, -0.15) is 0 Å². The minimum atomic E-state index is -0.412. The Morgan fingerprint density at radius 2 is 2.00 bits per heavy atom. The third-order valence-corrected chi connectivity index (χ3v) is 0.267. The van der Waals surface area contributed by atoms with Crippen molar-refractivity contribution in [3.63, 3.8) is 0 Å². The normalized spacial score (nSPS) is 19.2. The molecule has 1 heteroatoms. The highest BCUT2D eigenvalue weighted by Gasteiger charge is 1.58. The van der Waals surface area contributed by atoms with Gasteiger partial charge in [-0.05, 0) is 12.1 Å². The molecule has 1 rings (SSSR count). The Hall–Kier alpha value is -0.720. The van der Waals surface area contributed by atoms with E-state index in [0.29, 0.717) is 0 Å². The van der Waals surface area contributed by atoms with Gasteiger partial charge in [0.25, 0.3) is 0 Å². The van der Waals surface area contributed by atoms with E-state index in [2.05, 4.69) is 4.42 Å². The van der Waals surface area contributed by atoms with Crippen molar-refractivity contribution in [2.24, 2.45) is 0 Å². The van der Waals surface area contributed by atoms with E-state index in [1.165, 1.54) is 0 Å². The zero-order valence-corrected chi connectivity index (χ0v) is 2.41. The molecule has 1 nitrogen and oxygen atoms in total. The second-order valence-corrected chi connectivity index (χ2v) is 0.556. The van der Waals surface area contributed by atoms with Crippen molar-refractivity contribution >= 4 is 0 Å². The van der Waals surface area contributed by atoms with Crippen LogP contribution in [0.5, 0.6) is 0 Å². The predicted octanol–water partition coefficient (Wildman–Crippen LogP) is 1.28. The summed E-state index contributed by atoms with van der Waals surface area (Å²) in [6.07, 6.45) is -0.824. The lowest BCUT2D eigenvalue weighted by atomic mass is 10.7. The largest absolute Gasteiger partial charge is 0.473 e. The van der Waals surface area contributed by atoms with Crippen molar-refractivity contribution < 1.29 is 9.90 Å². The summed E-state index contributed by atoms with van der Waals surface area (Å²) in [5.41, 5.74) is 0. The molecule has 0 saturated heterocycles. The molecule has 1 heterocycles. The zero-order valence-electron chi connectivity index (χ0n) is 6.41. The minimum absolute atomic E-state index is 0.319. The summed E-state index contributed by atoms with van der Waals surface area (Å²) in [4.78, 5) is 0. The van der Waals surface area contributed by atoms with Gasteiger partial charge in [-0.25, -0.2) is 0 Å². The fourth-order valence-electron chi connectivity index (χ4n) is 0.128. The number of hydrogen-bond acceptors (Lipinski definition) is 1. The van der Waals surface area contributed by atoms with Crippen LogP contribution in [0.4, 0.5) is 0 Å². The molecule has 0 aliphatic heterocycles. The average Bonchev–Trinajstić information content (AvgIpc) is 1.98. The van der Waals surface area contributed by atoms with Gasteiger partial charge in [0, 0.05) is 0 Å². The molecule has 0 unspecified atom stereocenters. The van der Waals surface area contributed by atoms with Crippen molar-refractivity contribution in [1.29, 1.82) is 0 Å². The number of furan rings is 1. The molecule has 0 aliphatic rings. The maximum absolute atomic E-state index is 6.88. The average molecular weight is 72.1 g/mol. The van der Waals surface area contributed by atoms with Gasteiger partial charge in [0.2, 0.25) is 0 Å². The summed E-state index contributed by atoms with van der Waals surface area (Å²) in [6.45, 7) is 0. The molecule has 0 fully saturated rings. The summed E-state index contributed by atoms with van der Waals surface area (Å²) in [5, 5.41) is 0. The second kappa shape index (κ2) is 0.931. The van der Waals surface area contributed by atoms with E-state index in [-0.39, 0.29) is 12.1 Å². The van der Waals surface area contributed by atoms with Crippen molar-refractivity contribution in [3.05, 3.63) is 24.6 Å². The second-order valence-electron chi connectivity index (χ2n) is 0.556. The Morgan fingerprint density at radius 3 is 2.20 bits per heavy atom. The standard InChI is InChI=1S/C4H4O/c1-2-4-5-3-1/h1-4H/i1D,2D,3D,4D. The van der Waals surface area contributed by atoms with E-state index in [1.807, 2.05) is 0 Å². The molecule has 1 aromatic rings. The molecule has 0 atom stereocenters. The molecule has 0 spiro atoms. The Labute approximate surface area is 35.8 Å². The predicted molar refractivity (Wildman–Crippen MR) is 18.7 cm³/mol. The molecule has 5 heavy (non-hydrogen) atoms. The molecule has 1 aromatic heterocycles. The molecule has 0 radical (unpaired) electrons. The Morgan fingerprint density at radius 1 is 1.40 bits per heavy atom. The summed E-state index contributed by atoms with van der Waals surface area (Å²) >= 11 is 0. The molecule has 0 amide bonds. The first-order valence-electron chi connectivity index (χ1n) is 3.16. The molecule has 0 aromatic carbocycles. The highest BCUT2D eigenvalue weighted by molar-refractivity contribution is 4.79. The van der Waals surface area contributed by atoms with E-state index in [0.717, 1.165) is 0 Å². The number of hydrogen-bond donors (Lipinski definition) is 0. The van der Waals surface area contributed by atoms with Crippen LogP contribution >= 0.6 is 0 Å². The van der Waals surface area contributed by atoms with Gasteiger partial charge >= 0.3 is 0 Å². The van der Waals surface area contributed by atoms with Crippen LogP contribution in [0.3, 0.4) is 0 Å². The van der Waals surface area contributed by atoms with Crippen LogP contribution in [-0.2, 0) is 0 Å². The maximum atomic E-state index is 6.88. The van der Waals surface area contributed by atoms with Crippen LogP contribution in [0.2, 0.25) is 0 Å². The van der Waals surface area contributed by atoms with Crippen molar-refractivity contribution in [2.45, 2.75) is 0 Å². The monoisotopic (exact) mass is 72.1 g/mol. The summed E-state index contributed by atoms with van der Waals surface area (Å²) in [7, 11) is 0. The van der Waals surface area contributed by atoms with E-state index in [9.17, 15) is 0 Å². The first-order chi connectivity index (χ1) is 4.13. The van der Waals surface area contributed by atoms with Gasteiger partial charge in [0.15, 0.2) is 0 Å². The SMILES string of the molecule is [2H]c1oc([2H])c([2H])c1[2H]. The summed E-state index contributed by atoms with van der Waals surface area (Å²) < 4.78 is 31.6. The highest BCUT2D eigenvalue weighted by atomic mass is 16.3. The van der Waals surface area contributed by atoms with Crippen molar-refractivity contribution in [3.8, 4) is 0 Å². The van der Waals surface area contributed by atoms with Crippen molar-refractivity contribution in [2.75, 3.05) is 0 Å². The van der Waals surface area contributed by atoms with Gasteiger partial charge < -0.3 is 4.42 Å². The van der Waals surface area contributed by atoms with Crippen molar-refractivity contribution in [1.82, 2.24) is 0 Å². The lowest BCUT2D eigenvalue weighted by molar-refractivity contribution is 0.567. The van der Waals surface area contributed by atoms with E-state index >= 15 is 0 Å². The van der Waals surface area contributed by atoms with E-state index in [4.69, 9.17) is 5.48 Å². The Balaban J connectivity index is 3.29. The van der Waals surface area contributed by atoms with Crippen LogP contribution in [0.1, 0.15) is 5.48 Å². The van der Waals surface area contributed by atoms with Crippen LogP contribution in [0.25, 0.3) is 0 Å². The maximum Gasteiger partial charge on any atom is 0.104 e. The van der Waals surface area contributed by atoms with Gasteiger partial charge in [-0.15, -0.1) is 0 Å². The minimum Gasteiger partial charge on any atom is -0.473 e. The summed E-state index contributed by atoms with van der Waals surface area (Å²) in [6, 6.07) is -0.639. The van der Waals surface area contributed by atoms with Crippen LogP contribution < -0.4 is 0 Å². The molecule has 0 saturated carbocycles. The third kappa shape index (κ3) is 0.293. The fourth-order valence-corrected chi connectivity index (χ4v) is 0.128. The molecule has 0 N–H and O–H groups in total. The molecule has 0 aliphatic carbocycles. The topological polar surface area (TPSA) is 13.1 Å². The lowest BCUT2D eigenvalue weighted by Gasteiger charge is -1.50. The lowest BCUT2D eigenvalue weighted by Crippen LogP contribution is -1.16. The Kier molecular flexibility index (Phi) is 0.125. The van der Waals surface area contributed by atoms with Crippen LogP contribution in [0, 0.1) is 0 Å². The smallest absolute Gasteiger partial charge is 0.104 e. The summed E-state index contributed by atoms with van der Waals surface area (Å²) in [5.74, 6) is 0. The van der Waals surface area contributed by atoms with E-state index in [1.54, 1.807) is 0 Å². The van der Waals surface area contributed by atoms with Gasteiger partial charge in [0.1, 0.15) is 2.74 Å². The molecular weight excluding hydrogens is 64.0 g/mol. The third-order valence-electron chi connectivity index (χ3n) is 0.267.